The first kappa shape index (κ1) is 20.8. The van der Waals surface area contributed by atoms with Gasteiger partial charge in [0.05, 0.1) is 11.3 Å². The molecule has 0 fully saturated rings. The number of amides is 1. The Bertz CT molecular complexity index is 785. The van der Waals surface area contributed by atoms with Crippen molar-refractivity contribution < 1.29 is 19.1 Å². The second kappa shape index (κ2) is 10.0. The summed E-state index contributed by atoms with van der Waals surface area (Å²) in [5, 5.41) is 4.65. The predicted molar refractivity (Wildman–Crippen MR) is 107 cm³/mol. The van der Waals surface area contributed by atoms with Crippen LogP contribution in [0.15, 0.2) is 41.8 Å². The van der Waals surface area contributed by atoms with E-state index in [0.29, 0.717) is 10.8 Å². The van der Waals surface area contributed by atoms with Crippen LogP contribution in [0.25, 0.3) is 0 Å². The number of Topliss-reactive ketones (excluding diaryl/α,β-unsaturated/α-hetero) is 1. The summed E-state index contributed by atoms with van der Waals surface area (Å²) in [6.45, 7) is 5.71. The summed E-state index contributed by atoms with van der Waals surface area (Å²) in [6.07, 6.45) is 0.0530. The van der Waals surface area contributed by atoms with Gasteiger partial charge in [0.15, 0.2) is 11.9 Å². The summed E-state index contributed by atoms with van der Waals surface area (Å²) in [5.41, 5.74) is 1.78. The normalized spacial score (nSPS) is 12.9. The topological polar surface area (TPSA) is 72.5 Å². The van der Waals surface area contributed by atoms with Crippen LogP contribution >= 0.6 is 11.3 Å². The van der Waals surface area contributed by atoms with Crippen molar-refractivity contribution in [2.75, 3.05) is 5.32 Å². The molecule has 0 bridgehead atoms. The number of benzene rings is 1. The number of esters is 1. The molecule has 1 N–H and O–H groups in total. The van der Waals surface area contributed by atoms with Crippen molar-refractivity contribution in [1.29, 1.82) is 0 Å². The van der Waals surface area contributed by atoms with Crippen LogP contribution in [0.1, 0.15) is 61.2 Å². The number of anilines is 1. The fraction of sp³-hybridized carbons (Fsp3) is 0.381. The maximum absolute atomic E-state index is 12.4. The van der Waals surface area contributed by atoms with E-state index in [1.807, 2.05) is 29.6 Å². The Balaban J connectivity index is 1.86. The zero-order valence-electron chi connectivity index (χ0n) is 15.9. The number of thiophene rings is 1. The van der Waals surface area contributed by atoms with Gasteiger partial charge in [0.2, 0.25) is 0 Å². The lowest BCUT2D eigenvalue weighted by molar-refractivity contribution is -0.153. The second-order valence-electron chi connectivity index (χ2n) is 6.42. The molecule has 0 spiro atoms. The van der Waals surface area contributed by atoms with Gasteiger partial charge in [0, 0.05) is 12.1 Å². The summed E-state index contributed by atoms with van der Waals surface area (Å²) in [6, 6.07) is 11.1. The minimum atomic E-state index is -0.931. The predicted octanol–water partition coefficient (Wildman–Crippen LogP) is 4.79. The van der Waals surface area contributed by atoms with Crippen LogP contribution in [0.5, 0.6) is 0 Å². The molecule has 1 amide bonds. The third-order valence-electron chi connectivity index (χ3n) is 4.39. The Morgan fingerprint density at radius 3 is 2.48 bits per heavy atom. The van der Waals surface area contributed by atoms with Gasteiger partial charge in [-0.1, -0.05) is 38.1 Å². The molecule has 0 radical (unpaired) electrons. The monoisotopic (exact) mass is 387 g/mol. The van der Waals surface area contributed by atoms with Crippen LogP contribution in [0.2, 0.25) is 0 Å². The van der Waals surface area contributed by atoms with Crippen molar-refractivity contribution in [3.63, 3.8) is 0 Å². The zero-order chi connectivity index (χ0) is 19.8. The minimum Gasteiger partial charge on any atom is -0.453 e. The highest BCUT2D eigenvalue weighted by Gasteiger charge is 2.20. The molecule has 2 unspecified atom stereocenters. The fourth-order valence-corrected chi connectivity index (χ4v) is 3.27. The van der Waals surface area contributed by atoms with Gasteiger partial charge < -0.3 is 10.1 Å². The lowest BCUT2D eigenvalue weighted by atomic mass is 9.97. The van der Waals surface area contributed by atoms with Gasteiger partial charge in [0.25, 0.3) is 5.91 Å². The highest BCUT2D eigenvalue weighted by atomic mass is 32.1. The molecular weight excluding hydrogens is 362 g/mol. The zero-order valence-corrected chi connectivity index (χ0v) is 16.7. The molecular formula is C21H25NO4S. The van der Waals surface area contributed by atoms with Crippen molar-refractivity contribution in [3.05, 3.63) is 52.2 Å². The van der Waals surface area contributed by atoms with E-state index < -0.39 is 12.1 Å². The van der Waals surface area contributed by atoms with Gasteiger partial charge in [-0.05, 0) is 42.3 Å². The van der Waals surface area contributed by atoms with Crippen LogP contribution in [-0.4, -0.2) is 23.8 Å². The van der Waals surface area contributed by atoms with E-state index in [9.17, 15) is 14.4 Å². The molecule has 2 atom stereocenters. The SMILES string of the molecule is CCC(C)c1ccccc1NC(=O)C(C)OC(=O)CCC(=O)c1cccs1. The highest BCUT2D eigenvalue weighted by molar-refractivity contribution is 7.12. The summed E-state index contributed by atoms with van der Waals surface area (Å²) in [5.74, 6) is -0.731. The van der Waals surface area contributed by atoms with E-state index >= 15 is 0 Å². The Hall–Kier alpha value is -2.47. The van der Waals surface area contributed by atoms with Crippen molar-refractivity contribution in [2.45, 2.75) is 52.1 Å². The molecule has 5 nitrogen and oxygen atoms in total. The Morgan fingerprint density at radius 2 is 1.81 bits per heavy atom. The average Bonchev–Trinajstić information content (AvgIpc) is 3.20. The molecule has 27 heavy (non-hydrogen) atoms. The van der Waals surface area contributed by atoms with E-state index in [1.54, 1.807) is 12.1 Å². The van der Waals surface area contributed by atoms with Gasteiger partial charge in [-0.15, -0.1) is 11.3 Å². The van der Waals surface area contributed by atoms with E-state index in [0.717, 1.165) is 17.7 Å². The molecule has 1 aromatic carbocycles. The van der Waals surface area contributed by atoms with Crippen LogP contribution in [0.3, 0.4) is 0 Å². The molecule has 0 aliphatic rings. The number of ketones is 1. The van der Waals surface area contributed by atoms with Gasteiger partial charge in [0.1, 0.15) is 0 Å². The smallest absolute Gasteiger partial charge is 0.307 e. The Kier molecular flexibility index (Phi) is 7.73. The van der Waals surface area contributed by atoms with Crippen molar-refractivity contribution in [2.24, 2.45) is 0 Å². The third kappa shape index (κ3) is 6.03. The maximum Gasteiger partial charge on any atom is 0.307 e. The molecule has 0 aliphatic carbocycles. The van der Waals surface area contributed by atoms with Crippen LogP contribution in [0.4, 0.5) is 5.69 Å². The number of hydrogen-bond acceptors (Lipinski definition) is 5. The quantitative estimate of drug-likeness (QED) is 0.496. The van der Waals surface area contributed by atoms with Crippen LogP contribution in [-0.2, 0) is 14.3 Å². The fourth-order valence-electron chi connectivity index (χ4n) is 2.58. The molecule has 1 aromatic heterocycles. The molecule has 0 saturated heterocycles. The summed E-state index contributed by atoms with van der Waals surface area (Å²) in [7, 11) is 0. The van der Waals surface area contributed by atoms with Crippen molar-refractivity contribution >= 4 is 34.7 Å². The van der Waals surface area contributed by atoms with Gasteiger partial charge in [-0.3, -0.25) is 14.4 Å². The van der Waals surface area contributed by atoms with Crippen LogP contribution < -0.4 is 5.32 Å². The molecule has 1 heterocycles. The molecule has 144 valence electrons. The van der Waals surface area contributed by atoms with E-state index in [-0.39, 0.29) is 24.5 Å². The van der Waals surface area contributed by atoms with Crippen molar-refractivity contribution in [1.82, 2.24) is 0 Å². The number of nitrogens with one attached hydrogen (secondary N) is 1. The van der Waals surface area contributed by atoms with E-state index in [1.165, 1.54) is 18.3 Å². The third-order valence-corrected chi connectivity index (χ3v) is 5.30. The van der Waals surface area contributed by atoms with Crippen LogP contribution in [0, 0.1) is 0 Å². The molecule has 0 saturated carbocycles. The first-order valence-electron chi connectivity index (χ1n) is 9.08. The van der Waals surface area contributed by atoms with Gasteiger partial charge in [-0.25, -0.2) is 0 Å². The lowest BCUT2D eigenvalue weighted by Gasteiger charge is -2.18. The first-order valence-corrected chi connectivity index (χ1v) is 9.96. The Morgan fingerprint density at radius 1 is 1.07 bits per heavy atom. The Labute approximate surface area is 163 Å². The highest BCUT2D eigenvalue weighted by Crippen LogP contribution is 2.26. The lowest BCUT2D eigenvalue weighted by Crippen LogP contribution is -2.30. The average molecular weight is 388 g/mol. The number of para-hydroxylation sites is 1. The van der Waals surface area contributed by atoms with E-state index in [2.05, 4.69) is 19.2 Å². The number of carbonyl (C=O) groups is 3. The number of rotatable bonds is 9. The molecule has 6 heteroatoms. The maximum atomic E-state index is 12.4. The van der Waals surface area contributed by atoms with Gasteiger partial charge >= 0.3 is 5.97 Å². The standard InChI is InChI=1S/C21H25NO4S/c1-4-14(2)16-8-5-6-9-17(16)22-21(25)15(3)26-20(24)12-11-18(23)19-10-7-13-27-19/h5-10,13-15H,4,11-12H2,1-3H3,(H,22,25). The summed E-state index contributed by atoms with van der Waals surface area (Å²) < 4.78 is 5.18. The largest absolute Gasteiger partial charge is 0.453 e. The number of hydrogen-bond donors (Lipinski definition) is 1. The number of ether oxygens (including phenoxy) is 1. The number of carbonyl (C=O) groups excluding carboxylic acids is 3. The van der Waals surface area contributed by atoms with Gasteiger partial charge in [-0.2, -0.15) is 0 Å². The molecule has 0 aliphatic heterocycles. The second-order valence-corrected chi connectivity index (χ2v) is 7.37. The minimum absolute atomic E-state index is 0.0438. The molecule has 2 aromatic rings. The molecule has 2 rings (SSSR count). The first-order chi connectivity index (χ1) is 12.9. The summed E-state index contributed by atoms with van der Waals surface area (Å²) in [4.78, 5) is 36.9. The summed E-state index contributed by atoms with van der Waals surface area (Å²) >= 11 is 1.34. The van der Waals surface area contributed by atoms with E-state index in [4.69, 9.17) is 4.74 Å². The van der Waals surface area contributed by atoms with Crippen molar-refractivity contribution in [3.8, 4) is 0 Å².